The van der Waals surface area contributed by atoms with E-state index in [0.717, 1.165) is 78.9 Å². The van der Waals surface area contributed by atoms with Crippen molar-refractivity contribution in [2.24, 2.45) is 17.4 Å². The molecule has 7 heterocycles. The highest BCUT2D eigenvalue weighted by molar-refractivity contribution is 6.32. The number of carbonyl (C=O) groups excluding carboxylic acids is 9. The number of ether oxygens (including phenoxy) is 6. The van der Waals surface area contributed by atoms with Crippen LogP contribution in [0.5, 0.6) is 46.0 Å². The SMILES string of the molecule is CN[C@H](CC(C)C)C(=O)N[C@H]1C(=O)N[C@@H](CC(N)=O)C(=O)NC2C(=O)N[C@H]3C(=O)N[C@H](C(=O)NC(C(=O)NCC(=O)Nc4ccc(F)cc4F)c4cc(O)cc(O)c4-c4cc3ccc4O)[C@H](O)c3ccc(c(Cl)c3)Oc3cc2cc(c3O[C@@H]2O[C@H](CO)[C@@H](O)[C@H](O)[C@H]2OC2C[C@](C)(N)[C@H](O)[C@H](C)O2)Oc2ccc(cc2Cl)[C@H]1O. The number of hydrogen-bond acceptors (Lipinski definition) is 26. The Bertz CT molecular complexity index is 4720. The van der Waals surface area contributed by atoms with E-state index in [2.05, 4.69) is 47.9 Å². The van der Waals surface area contributed by atoms with E-state index in [1.165, 1.54) is 33.0 Å². The summed E-state index contributed by atoms with van der Waals surface area (Å²) in [6, 6.07) is 0.858. The van der Waals surface area contributed by atoms with Crippen LogP contribution in [-0.2, 0) is 57.4 Å². The monoisotopic (exact) mass is 1620 g/mol. The number of aliphatic hydroxyl groups excluding tert-OH is 6. The van der Waals surface area contributed by atoms with Crippen LogP contribution in [0.15, 0.2) is 97.1 Å². The predicted molar refractivity (Wildman–Crippen MR) is 390 cm³/mol. The van der Waals surface area contributed by atoms with Gasteiger partial charge in [-0.05, 0) is 128 Å². The number of halogens is 4. The maximum absolute atomic E-state index is 16.2. The number of primary amides is 1. The molecular weight excluding hydrogens is 1540 g/mol. The molecule has 6 aromatic rings. The summed E-state index contributed by atoms with van der Waals surface area (Å²) >= 11 is 14.2. The number of phenols is 3. The lowest BCUT2D eigenvalue weighted by atomic mass is 9.86. The maximum Gasteiger partial charge on any atom is 0.248 e. The van der Waals surface area contributed by atoms with Crippen molar-refractivity contribution in [3.05, 3.63) is 147 Å². The van der Waals surface area contributed by atoms with Gasteiger partial charge in [-0.3, -0.25) is 43.2 Å². The molecule has 0 radical (unpaired) electrons. The molecule has 11 bridgehead atoms. The summed E-state index contributed by atoms with van der Waals surface area (Å²) in [6.45, 7) is 4.55. The van der Waals surface area contributed by atoms with Gasteiger partial charge in [0.2, 0.25) is 65.2 Å². The Balaban J connectivity index is 1.13. The van der Waals surface area contributed by atoms with E-state index in [4.69, 9.17) is 63.1 Å². The van der Waals surface area contributed by atoms with Crippen molar-refractivity contribution < 1.29 is 126 Å². The molecule has 6 aromatic carbocycles. The van der Waals surface area contributed by atoms with Gasteiger partial charge in [0.1, 0.15) is 107 Å². The van der Waals surface area contributed by atoms with Gasteiger partial charge < -0.3 is 134 Å². The zero-order chi connectivity index (χ0) is 82.1. The number of hydrogen-bond donors (Lipinski definition) is 20. The van der Waals surface area contributed by atoms with Crippen molar-refractivity contribution in [2.45, 2.75) is 156 Å². The van der Waals surface area contributed by atoms with E-state index in [9.17, 15) is 78.7 Å². The average Bonchev–Trinajstić information content (AvgIpc) is 0.763. The lowest BCUT2D eigenvalue weighted by Gasteiger charge is -2.47. The summed E-state index contributed by atoms with van der Waals surface area (Å²) in [5.41, 5.74) is 7.20. The van der Waals surface area contributed by atoms with Crippen LogP contribution in [-0.4, -0.2) is 198 Å². The number of benzene rings is 6. The van der Waals surface area contributed by atoms with Gasteiger partial charge in [0.05, 0.1) is 53.6 Å². The molecule has 3 unspecified atom stereocenters. The van der Waals surface area contributed by atoms with Crippen molar-refractivity contribution in [2.75, 3.05) is 25.5 Å². The lowest BCUT2D eigenvalue weighted by molar-refractivity contribution is -0.333. The molecule has 0 aromatic heterocycles. The zero-order valence-electron chi connectivity index (χ0n) is 60.5. The quantitative estimate of drug-likeness (QED) is 0.0644. The van der Waals surface area contributed by atoms with Crippen molar-refractivity contribution in [3.63, 3.8) is 0 Å². The van der Waals surface area contributed by atoms with Crippen molar-refractivity contribution in [3.8, 4) is 57.1 Å². The van der Waals surface area contributed by atoms with Crippen molar-refractivity contribution in [1.82, 2.24) is 42.5 Å². The van der Waals surface area contributed by atoms with Gasteiger partial charge in [0.15, 0.2) is 23.9 Å². The third kappa shape index (κ3) is 18.4. The highest BCUT2D eigenvalue weighted by Gasteiger charge is 2.52. The summed E-state index contributed by atoms with van der Waals surface area (Å²) in [5, 5.41) is 126. The largest absolute Gasteiger partial charge is 0.508 e. The molecule has 13 rings (SSSR count). The number of rotatable bonds is 16. The number of aliphatic hydroxyl groups is 6. The molecule has 7 aliphatic heterocycles. The topological polar surface area (TPSA) is 551 Å². The smallest absolute Gasteiger partial charge is 0.248 e. The van der Waals surface area contributed by atoms with E-state index in [-0.39, 0.29) is 40.7 Å². The molecule has 604 valence electrons. The second kappa shape index (κ2) is 34.4. The first-order chi connectivity index (χ1) is 53.4. The third-order valence-corrected chi connectivity index (χ3v) is 20.0. The molecule has 2 saturated heterocycles. The standard InChI is InChI=1S/C74H81Cl2F2N11O24/c1-27(2)14-41(81-5)66(101)88-57-59(96)30-7-12-45(37(75)16-30)109-47-18-32-19-48(63(47)113-73-64(62(99)61(98)49(26-90)111-73)112-52-24-74(4,80)65(100)28(3)108-52)110-46-13-8-31(17-38(46)76)60(97)58-72(107)87-56(68(103)82-25-51(95)83-40-10-9-33(77)20-39(40)78)36-21-34(91)22-44(93)53(36)35-15-29(6-11-43(35)92)54(69(104)89-58)86-70(105)55(32)85-67(102)42(23-50(79)94)84-71(57)106/h6-13,15-22,27-28,41-42,49,52,54-62,64-65,73,81,90-93,96-100H,14,23-26,80H2,1-5H3,(H2,79,94)(H,82,103)(H,83,95)(H,84,106)(H,85,102)(H,86,105)(H,87,107)(H,88,101)(H,89,104)/t28-,41+,42-,49+,52?,54+,55?,56?,57+,58-,59+,60+,61+,62-,64+,65+,73-,74-/m0/s1. The van der Waals surface area contributed by atoms with Crippen LogP contribution in [0.4, 0.5) is 14.5 Å². The minimum absolute atomic E-state index is 0.120. The number of amides is 9. The molecule has 113 heavy (non-hydrogen) atoms. The van der Waals surface area contributed by atoms with Gasteiger partial charge in [-0.2, -0.15) is 0 Å². The second-order valence-electron chi connectivity index (χ2n) is 28.3. The van der Waals surface area contributed by atoms with Crippen LogP contribution in [0.3, 0.4) is 0 Å². The van der Waals surface area contributed by atoms with Crippen molar-refractivity contribution in [1.29, 1.82) is 0 Å². The molecule has 35 nitrogen and oxygen atoms in total. The van der Waals surface area contributed by atoms with Gasteiger partial charge in [0, 0.05) is 35.2 Å². The number of likely N-dealkylation sites (N-methyl/N-ethyl adjacent to an activating group) is 1. The molecule has 0 spiro atoms. The van der Waals surface area contributed by atoms with Crippen LogP contribution in [0.1, 0.15) is 105 Å². The fraction of sp³-hybridized carbons (Fsp3) is 0.392. The minimum Gasteiger partial charge on any atom is -0.508 e. The minimum atomic E-state index is -2.40. The molecule has 18 atom stereocenters. The van der Waals surface area contributed by atoms with Crippen LogP contribution in [0, 0.1) is 17.6 Å². The first-order valence-electron chi connectivity index (χ1n) is 35.2. The van der Waals surface area contributed by atoms with Gasteiger partial charge >= 0.3 is 0 Å². The molecule has 22 N–H and O–H groups in total. The van der Waals surface area contributed by atoms with Crippen LogP contribution >= 0.6 is 23.2 Å². The molecule has 7 aliphatic rings. The highest BCUT2D eigenvalue weighted by atomic mass is 35.5. The number of nitrogens with one attached hydrogen (secondary N) is 9. The van der Waals surface area contributed by atoms with E-state index in [0.29, 0.717) is 6.07 Å². The van der Waals surface area contributed by atoms with E-state index < -0.39 is 272 Å². The fourth-order valence-corrected chi connectivity index (χ4v) is 14.0. The number of fused-ring (bicyclic) bond motifs is 15. The Hall–Kier alpha value is -10.7. The number of carbonyl (C=O) groups is 9. The summed E-state index contributed by atoms with van der Waals surface area (Å²) in [5.74, 6) is -19.5. The molecule has 9 amide bonds. The van der Waals surface area contributed by atoms with Gasteiger partial charge in [-0.25, -0.2) is 8.78 Å². The number of nitrogens with two attached hydrogens (primary N) is 2. The number of aromatic hydroxyl groups is 3. The zero-order valence-corrected chi connectivity index (χ0v) is 62.0. The summed E-state index contributed by atoms with van der Waals surface area (Å²) in [6.07, 6.45) is -19.0. The van der Waals surface area contributed by atoms with Crippen molar-refractivity contribution >= 4 is 82.1 Å². The average molecular weight is 1620 g/mol. The highest BCUT2D eigenvalue weighted by Crippen LogP contribution is 2.50. The maximum atomic E-state index is 16.2. The summed E-state index contributed by atoms with van der Waals surface area (Å²) in [4.78, 5) is 133. The number of phenolic OH excluding ortho intramolecular Hbond substituents is 3. The predicted octanol–water partition coefficient (Wildman–Crippen LogP) is 1.05. The molecule has 0 aliphatic carbocycles. The van der Waals surface area contributed by atoms with Crippen LogP contribution < -0.4 is 73.5 Å². The normalized spacial score (nSPS) is 27.5. The Labute approximate surface area is 650 Å². The Morgan fingerprint density at radius 1 is 0.708 bits per heavy atom. The van der Waals surface area contributed by atoms with Crippen LogP contribution in [0.25, 0.3) is 11.1 Å². The molecule has 39 heteroatoms. The van der Waals surface area contributed by atoms with Crippen LogP contribution in [0.2, 0.25) is 10.0 Å². The molecular formula is C74H81Cl2F2N11O24. The van der Waals surface area contributed by atoms with Gasteiger partial charge in [0.25, 0.3) is 0 Å². The Kier molecular flexibility index (Phi) is 25.3. The van der Waals surface area contributed by atoms with E-state index >= 15 is 19.2 Å². The third-order valence-electron chi connectivity index (χ3n) is 19.4. The Morgan fingerprint density at radius 2 is 1.34 bits per heavy atom. The van der Waals surface area contributed by atoms with E-state index in [1.807, 2.05) is 0 Å². The molecule has 0 saturated carbocycles. The van der Waals surface area contributed by atoms with Gasteiger partial charge in [-0.1, -0.05) is 55.2 Å². The van der Waals surface area contributed by atoms with E-state index in [1.54, 1.807) is 13.8 Å². The second-order valence-corrected chi connectivity index (χ2v) is 29.1. The first kappa shape index (κ1) is 83.3. The summed E-state index contributed by atoms with van der Waals surface area (Å²) in [7, 11) is 1.46. The molecule has 2 fully saturated rings. The summed E-state index contributed by atoms with van der Waals surface area (Å²) < 4.78 is 67.0. The lowest BCUT2D eigenvalue weighted by Crippen LogP contribution is -2.64. The fourth-order valence-electron chi connectivity index (χ4n) is 13.6. The Morgan fingerprint density at radius 3 is 1.95 bits per heavy atom. The number of anilines is 1. The first-order valence-corrected chi connectivity index (χ1v) is 35.9. The van der Waals surface area contributed by atoms with Gasteiger partial charge in [-0.15, -0.1) is 0 Å².